The van der Waals surface area contributed by atoms with Crippen LogP contribution in [-0.2, 0) is 0 Å². The zero-order valence-corrected chi connectivity index (χ0v) is 6.70. The van der Waals surface area contributed by atoms with Crippen molar-refractivity contribution in [1.29, 1.82) is 0 Å². The van der Waals surface area contributed by atoms with Gasteiger partial charge in [0.2, 0.25) is 0 Å². The van der Waals surface area contributed by atoms with Crippen molar-refractivity contribution in [1.82, 2.24) is 6.15 Å². The summed E-state index contributed by atoms with van der Waals surface area (Å²) in [5.41, 5.74) is 7.98. The van der Waals surface area contributed by atoms with E-state index in [0.717, 1.165) is 18.5 Å². The van der Waals surface area contributed by atoms with Crippen LogP contribution in [0.15, 0.2) is 11.3 Å². The molecule has 0 aliphatic carbocycles. The van der Waals surface area contributed by atoms with Gasteiger partial charge in [-0.05, 0) is 19.8 Å². The molecule has 0 aliphatic heterocycles. The Labute approximate surface area is 57.7 Å². The zero-order chi connectivity index (χ0) is 6.57. The van der Waals surface area contributed by atoms with Gasteiger partial charge < -0.3 is 11.9 Å². The third kappa shape index (κ3) is 4.03. The fraction of sp³-hybridized carbons (Fsp3) is 0.714. The maximum absolute atomic E-state index is 5.61. The highest BCUT2D eigenvalue weighted by Gasteiger charge is 1.89. The van der Waals surface area contributed by atoms with Crippen LogP contribution in [0.2, 0.25) is 0 Å². The lowest BCUT2D eigenvalue weighted by molar-refractivity contribution is 0.966. The molecule has 0 bridgehead atoms. The first kappa shape index (κ1) is 11.3. The first-order valence-electron chi connectivity index (χ1n) is 3.16. The van der Waals surface area contributed by atoms with Crippen LogP contribution in [0.5, 0.6) is 0 Å². The molecule has 0 aromatic carbocycles. The van der Waals surface area contributed by atoms with Gasteiger partial charge in [0.15, 0.2) is 0 Å². The van der Waals surface area contributed by atoms with Crippen LogP contribution in [0.3, 0.4) is 0 Å². The molecule has 0 radical (unpaired) electrons. The van der Waals surface area contributed by atoms with Crippen molar-refractivity contribution in [2.24, 2.45) is 5.73 Å². The average Bonchev–Trinajstić information content (AvgIpc) is 1.84. The van der Waals surface area contributed by atoms with Gasteiger partial charge in [-0.15, -0.1) is 0 Å². The minimum Gasteiger partial charge on any atom is -0.402 e. The van der Waals surface area contributed by atoms with Crippen LogP contribution < -0.4 is 11.9 Å². The maximum atomic E-state index is 5.61. The first-order valence-corrected chi connectivity index (χ1v) is 3.16. The molecule has 0 amide bonds. The highest BCUT2D eigenvalue weighted by Crippen LogP contribution is 2.04. The van der Waals surface area contributed by atoms with Crippen molar-refractivity contribution in [3.05, 3.63) is 11.3 Å². The van der Waals surface area contributed by atoms with Crippen molar-refractivity contribution in [2.75, 3.05) is 0 Å². The van der Waals surface area contributed by atoms with Gasteiger partial charge in [0.25, 0.3) is 0 Å². The van der Waals surface area contributed by atoms with Crippen molar-refractivity contribution in [3.8, 4) is 0 Å². The van der Waals surface area contributed by atoms with Gasteiger partial charge in [-0.3, -0.25) is 0 Å². The second kappa shape index (κ2) is 5.63. The van der Waals surface area contributed by atoms with Crippen molar-refractivity contribution < 1.29 is 0 Å². The molecule has 0 aromatic heterocycles. The van der Waals surface area contributed by atoms with Crippen LogP contribution >= 0.6 is 0 Å². The first-order chi connectivity index (χ1) is 3.72. The van der Waals surface area contributed by atoms with E-state index in [1.54, 1.807) is 0 Å². The van der Waals surface area contributed by atoms with Gasteiger partial charge in [-0.2, -0.15) is 0 Å². The zero-order valence-electron chi connectivity index (χ0n) is 6.70. The predicted octanol–water partition coefficient (Wildman–Crippen LogP) is 2.20. The normalized spacial score (nSPS) is 11.9. The lowest BCUT2D eigenvalue weighted by Gasteiger charge is -1.99. The van der Waals surface area contributed by atoms with E-state index in [2.05, 4.69) is 20.8 Å². The maximum Gasteiger partial charge on any atom is 0.00666 e. The molecular formula is C7H18N2. The summed E-state index contributed by atoms with van der Waals surface area (Å²) in [5.74, 6) is 0. The molecule has 2 nitrogen and oxygen atoms in total. The third-order valence-electron chi connectivity index (χ3n) is 1.46. The number of hydrogen-bond donors (Lipinski definition) is 2. The van der Waals surface area contributed by atoms with Crippen LogP contribution in [0.25, 0.3) is 0 Å². The summed E-state index contributed by atoms with van der Waals surface area (Å²) < 4.78 is 0. The molecule has 0 aromatic rings. The van der Waals surface area contributed by atoms with E-state index in [1.807, 2.05) is 0 Å². The Kier molecular flexibility index (Phi) is 7.08. The molecular weight excluding hydrogens is 112 g/mol. The van der Waals surface area contributed by atoms with E-state index in [9.17, 15) is 0 Å². The molecule has 0 fully saturated rings. The summed E-state index contributed by atoms with van der Waals surface area (Å²) in [4.78, 5) is 0. The smallest absolute Gasteiger partial charge is 0.00666 e. The van der Waals surface area contributed by atoms with Crippen molar-refractivity contribution in [2.45, 2.75) is 33.6 Å². The van der Waals surface area contributed by atoms with Crippen LogP contribution in [0.4, 0.5) is 0 Å². The molecule has 0 atom stereocenters. The molecule has 0 spiro atoms. The van der Waals surface area contributed by atoms with Gasteiger partial charge in [0, 0.05) is 5.70 Å². The lowest BCUT2D eigenvalue weighted by Crippen LogP contribution is -1.97. The highest BCUT2D eigenvalue weighted by atomic mass is 14.6. The Morgan fingerprint density at radius 2 is 1.67 bits per heavy atom. The largest absolute Gasteiger partial charge is 0.402 e. The standard InChI is InChI=1S/C7H15N.H3N/c1-4-6(3)7(8)5-2;/h4-5,8H2,1-3H3;1H3. The quantitative estimate of drug-likeness (QED) is 0.602. The Morgan fingerprint density at radius 3 is 1.78 bits per heavy atom. The van der Waals surface area contributed by atoms with Crippen LogP contribution in [0.1, 0.15) is 33.6 Å². The van der Waals surface area contributed by atoms with Crippen molar-refractivity contribution >= 4 is 0 Å². The molecule has 0 aliphatic rings. The Hall–Kier alpha value is -0.500. The SMILES string of the molecule is CCC(C)=C(N)CC.N. The molecule has 0 unspecified atom stereocenters. The Morgan fingerprint density at radius 1 is 1.22 bits per heavy atom. The van der Waals surface area contributed by atoms with Gasteiger partial charge in [-0.1, -0.05) is 19.4 Å². The van der Waals surface area contributed by atoms with Crippen molar-refractivity contribution in [3.63, 3.8) is 0 Å². The Bertz CT molecular complexity index is 83.1. The predicted molar refractivity (Wildman–Crippen MR) is 42.5 cm³/mol. The highest BCUT2D eigenvalue weighted by molar-refractivity contribution is 5.06. The van der Waals surface area contributed by atoms with E-state index in [1.165, 1.54) is 5.57 Å². The summed E-state index contributed by atoms with van der Waals surface area (Å²) in [6.07, 6.45) is 2.07. The van der Waals surface area contributed by atoms with Gasteiger partial charge in [0.1, 0.15) is 0 Å². The van der Waals surface area contributed by atoms with Gasteiger partial charge >= 0.3 is 0 Å². The van der Waals surface area contributed by atoms with E-state index in [4.69, 9.17) is 5.73 Å². The fourth-order valence-electron chi connectivity index (χ4n) is 0.529. The molecule has 9 heavy (non-hydrogen) atoms. The van der Waals surface area contributed by atoms with E-state index >= 15 is 0 Å². The molecule has 0 saturated carbocycles. The minimum absolute atomic E-state index is 0. The molecule has 5 N–H and O–H groups in total. The third-order valence-corrected chi connectivity index (χ3v) is 1.46. The van der Waals surface area contributed by atoms with Gasteiger partial charge in [-0.25, -0.2) is 0 Å². The Balaban J connectivity index is 0. The summed E-state index contributed by atoms with van der Waals surface area (Å²) in [7, 11) is 0. The van der Waals surface area contributed by atoms with Crippen LogP contribution in [0, 0.1) is 0 Å². The second-order valence-corrected chi connectivity index (χ2v) is 2.01. The number of hydrogen-bond acceptors (Lipinski definition) is 2. The van der Waals surface area contributed by atoms with Gasteiger partial charge in [0.05, 0.1) is 0 Å². The molecule has 56 valence electrons. The van der Waals surface area contributed by atoms with Crippen LogP contribution in [-0.4, -0.2) is 0 Å². The fourth-order valence-corrected chi connectivity index (χ4v) is 0.529. The average molecular weight is 130 g/mol. The monoisotopic (exact) mass is 130 g/mol. The number of allylic oxidation sites excluding steroid dienone is 2. The minimum atomic E-state index is 0. The molecule has 2 heteroatoms. The molecule has 0 rings (SSSR count). The summed E-state index contributed by atoms with van der Waals surface area (Å²) in [6.45, 7) is 6.28. The second-order valence-electron chi connectivity index (χ2n) is 2.01. The topological polar surface area (TPSA) is 61.0 Å². The summed E-state index contributed by atoms with van der Waals surface area (Å²) in [5, 5.41) is 0. The molecule has 0 heterocycles. The number of rotatable bonds is 2. The molecule has 0 saturated heterocycles. The van der Waals surface area contributed by atoms with E-state index in [-0.39, 0.29) is 6.15 Å². The lowest BCUT2D eigenvalue weighted by atomic mass is 10.1. The summed E-state index contributed by atoms with van der Waals surface area (Å²) >= 11 is 0. The van der Waals surface area contributed by atoms with E-state index in [0.29, 0.717) is 0 Å². The summed E-state index contributed by atoms with van der Waals surface area (Å²) in [6, 6.07) is 0. The van der Waals surface area contributed by atoms with E-state index < -0.39 is 0 Å². The number of nitrogens with two attached hydrogens (primary N) is 1.